The van der Waals surface area contributed by atoms with E-state index in [0.29, 0.717) is 12.0 Å². The molecular weight excluding hydrogens is 518 g/mol. The number of esters is 1. The summed E-state index contributed by atoms with van der Waals surface area (Å²) >= 11 is 0. The lowest BCUT2D eigenvalue weighted by Crippen LogP contribution is -2.65. The highest BCUT2D eigenvalue weighted by Gasteiger charge is 2.60. The maximum Gasteiger partial charge on any atom is 0.351 e. The quantitative estimate of drug-likeness (QED) is 0.395. The lowest BCUT2D eigenvalue weighted by Gasteiger charge is -2.55. The van der Waals surface area contributed by atoms with Crippen molar-refractivity contribution in [2.75, 3.05) is 6.61 Å². The van der Waals surface area contributed by atoms with Crippen molar-refractivity contribution in [2.24, 2.45) is 11.8 Å². The molecule has 2 aromatic heterocycles. The number of ether oxygens (including phenoxy) is 2. The minimum absolute atomic E-state index is 0.128. The fourth-order valence-corrected chi connectivity index (χ4v) is 6.64. The first-order chi connectivity index (χ1) is 18.0. The maximum atomic E-state index is 14.0. The summed E-state index contributed by atoms with van der Waals surface area (Å²) in [4.78, 5) is 42.7. The van der Waals surface area contributed by atoms with Gasteiger partial charge >= 0.3 is 11.6 Å². The van der Waals surface area contributed by atoms with E-state index in [1.54, 1.807) is 37.5 Å². The van der Waals surface area contributed by atoms with Gasteiger partial charge in [0.25, 0.3) is 0 Å². The molecule has 212 valence electrons. The van der Waals surface area contributed by atoms with Crippen LogP contribution in [0.25, 0.3) is 11.3 Å². The van der Waals surface area contributed by atoms with Crippen LogP contribution in [0.5, 0.6) is 5.75 Å². The van der Waals surface area contributed by atoms with Crippen molar-refractivity contribution in [2.45, 2.75) is 89.8 Å². The van der Waals surface area contributed by atoms with Crippen molar-refractivity contribution in [1.29, 1.82) is 0 Å². The summed E-state index contributed by atoms with van der Waals surface area (Å²) in [7, 11) is -2.38. The topological polar surface area (TPSA) is 125 Å². The van der Waals surface area contributed by atoms with Crippen molar-refractivity contribution < 1.29 is 33.0 Å². The molecule has 0 aromatic carbocycles. The van der Waals surface area contributed by atoms with Gasteiger partial charge in [-0.05, 0) is 62.9 Å². The van der Waals surface area contributed by atoms with Gasteiger partial charge < -0.3 is 23.4 Å². The van der Waals surface area contributed by atoms with E-state index < -0.39 is 54.8 Å². The molecule has 1 fully saturated rings. The molecular formula is C29H39NO8Si. The minimum atomic E-state index is -2.38. The van der Waals surface area contributed by atoms with E-state index in [2.05, 4.69) is 38.8 Å². The van der Waals surface area contributed by atoms with Crippen molar-refractivity contribution in [3.8, 4) is 17.1 Å². The molecule has 1 unspecified atom stereocenters. The molecule has 0 radical (unpaired) electrons. The number of carbonyl (C=O) groups is 2. The number of hydrogen-bond acceptors (Lipinski definition) is 9. The molecule has 1 aliphatic heterocycles. The summed E-state index contributed by atoms with van der Waals surface area (Å²) < 4.78 is 24.2. The normalized spacial score (nSPS) is 26.6. The van der Waals surface area contributed by atoms with Crippen LogP contribution in [0.2, 0.25) is 18.1 Å². The zero-order chi connectivity index (χ0) is 29.0. The van der Waals surface area contributed by atoms with Crippen LogP contribution >= 0.6 is 0 Å². The van der Waals surface area contributed by atoms with Gasteiger partial charge in [0.15, 0.2) is 14.1 Å². The van der Waals surface area contributed by atoms with Gasteiger partial charge in [-0.1, -0.05) is 20.8 Å². The molecule has 1 aliphatic carbocycles. The third-order valence-corrected chi connectivity index (χ3v) is 13.3. The fraction of sp³-hybridized carbons (Fsp3) is 0.586. The SMILES string of the molecule is CC(=O)OC[C@@](C)(O)[C@@H]1CC(O[Si](C)(C)C(C)(C)C)[C@@]2(C)Oc3cc(-c4cccnc4)oc(=O)c3C(=O)[C@@H]2C1. The average molecular weight is 558 g/mol. The predicted octanol–water partition coefficient (Wildman–Crippen LogP) is 4.77. The third kappa shape index (κ3) is 5.46. The Labute approximate surface area is 230 Å². The number of rotatable bonds is 6. The van der Waals surface area contributed by atoms with Gasteiger partial charge in [-0.2, -0.15) is 0 Å². The third-order valence-electron chi connectivity index (χ3n) is 8.79. The summed E-state index contributed by atoms with van der Waals surface area (Å²) in [6.07, 6.45) is 3.22. The number of pyridine rings is 1. The molecule has 0 spiro atoms. The number of fused-ring (bicyclic) bond motifs is 2. The molecule has 0 saturated heterocycles. The van der Waals surface area contributed by atoms with Gasteiger partial charge in [0, 0.05) is 30.9 Å². The van der Waals surface area contributed by atoms with E-state index in [0.717, 1.165) is 0 Å². The second-order valence-corrected chi connectivity index (χ2v) is 17.5. The molecule has 4 rings (SSSR count). The Bertz CT molecular complexity index is 1310. The van der Waals surface area contributed by atoms with Crippen LogP contribution in [0.3, 0.4) is 0 Å². The van der Waals surface area contributed by atoms with Crippen LogP contribution in [0.15, 0.2) is 39.8 Å². The molecule has 5 atom stereocenters. The number of carbonyl (C=O) groups excluding carboxylic acids is 2. The van der Waals surface area contributed by atoms with Crippen LogP contribution in [0.4, 0.5) is 0 Å². The Balaban J connectivity index is 1.80. The zero-order valence-electron chi connectivity index (χ0n) is 24.0. The summed E-state index contributed by atoms with van der Waals surface area (Å²) in [5, 5.41) is 11.2. The number of nitrogens with zero attached hydrogens (tertiary/aromatic N) is 1. The molecule has 1 saturated carbocycles. The predicted molar refractivity (Wildman–Crippen MR) is 147 cm³/mol. The monoisotopic (exact) mass is 557 g/mol. The Morgan fingerprint density at radius 3 is 2.51 bits per heavy atom. The van der Waals surface area contributed by atoms with E-state index in [4.69, 9.17) is 18.3 Å². The van der Waals surface area contributed by atoms with Crippen LogP contribution in [-0.4, -0.2) is 54.1 Å². The van der Waals surface area contributed by atoms with Crippen molar-refractivity contribution >= 4 is 20.1 Å². The van der Waals surface area contributed by atoms with E-state index in [1.165, 1.54) is 6.92 Å². The van der Waals surface area contributed by atoms with E-state index >= 15 is 0 Å². The highest BCUT2D eigenvalue weighted by atomic mass is 28.4. The molecule has 2 aliphatic rings. The van der Waals surface area contributed by atoms with Crippen molar-refractivity contribution in [3.05, 3.63) is 46.6 Å². The second kappa shape index (κ2) is 9.98. The molecule has 39 heavy (non-hydrogen) atoms. The van der Waals surface area contributed by atoms with Crippen LogP contribution in [0, 0.1) is 11.8 Å². The maximum absolute atomic E-state index is 14.0. The molecule has 0 amide bonds. The summed E-state index contributed by atoms with van der Waals surface area (Å²) in [5.74, 6) is -1.74. The Morgan fingerprint density at radius 2 is 1.92 bits per heavy atom. The van der Waals surface area contributed by atoms with Crippen LogP contribution < -0.4 is 10.4 Å². The first-order valence-corrected chi connectivity index (χ1v) is 16.2. The van der Waals surface area contributed by atoms with Gasteiger partial charge in [-0.3, -0.25) is 14.6 Å². The largest absolute Gasteiger partial charge is 0.483 e. The van der Waals surface area contributed by atoms with Gasteiger partial charge in [-0.15, -0.1) is 0 Å². The number of ketones is 1. The van der Waals surface area contributed by atoms with Gasteiger partial charge in [0.2, 0.25) is 0 Å². The number of aromatic nitrogens is 1. The van der Waals surface area contributed by atoms with Gasteiger partial charge in [0.05, 0.1) is 17.6 Å². The van der Waals surface area contributed by atoms with E-state index in [-0.39, 0.29) is 35.1 Å². The highest BCUT2D eigenvalue weighted by Crippen LogP contribution is 2.51. The summed E-state index contributed by atoms with van der Waals surface area (Å²) in [5.41, 5.74) is -2.86. The highest BCUT2D eigenvalue weighted by molar-refractivity contribution is 6.74. The van der Waals surface area contributed by atoms with Crippen LogP contribution in [-0.2, 0) is 14.0 Å². The lowest BCUT2D eigenvalue weighted by atomic mass is 9.62. The van der Waals surface area contributed by atoms with Gasteiger partial charge in [0.1, 0.15) is 29.3 Å². The summed E-state index contributed by atoms with van der Waals surface area (Å²) in [6, 6.07) is 5.05. The van der Waals surface area contributed by atoms with Crippen molar-refractivity contribution in [3.63, 3.8) is 0 Å². The Hall–Kier alpha value is -2.82. The average Bonchev–Trinajstić information content (AvgIpc) is 2.82. The first-order valence-electron chi connectivity index (χ1n) is 13.3. The standard InChI is InChI=1S/C29H39NO8Si/c1-17(31)35-16-28(5,34)19-12-20-25(32)24-22(14-21(36-26(24)33)18-10-9-11-30-15-18)37-29(20,6)23(13-19)38-39(7,8)27(2,3)4/h9-11,14-15,19-20,23,34H,12-13,16H2,1-8H3/t19-,20-,23?,28+,29-/m0/s1. The zero-order valence-corrected chi connectivity index (χ0v) is 25.0. The van der Waals surface area contributed by atoms with E-state index in [1.807, 2.05) is 6.92 Å². The lowest BCUT2D eigenvalue weighted by molar-refractivity contribution is -0.164. The number of aliphatic hydroxyl groups is 1. The Morgan fingerprint density at radius 1 is 1.23 bits per heavy atom. The molecule has 2 aromatic rings. The second-order valence-electron chi connectivity index (χ2n) is 12.8. The first kappa shape index (κ1) is 29.2. The van der Waals surface area contributed by atoms with Gasteiger partial charge in [-0.25, -0.2) is 4.79 Å². The smallest absolute Gasteiger partial charge is 0.351 e. The number of Topliss-reactive ketones (excluding diaryl/α,β-unsaturated/α-hetero) is 1. The van der Waals surface area contributed by atoms with E-state index in [9.17, 15) is 19.5 Å². The molecule has 10 heteroatoms. The minimum Gasteiger partial charge on any atom is -0.483 e. The fourth-order valence-electron chi connectivity index (χ4n) is 5.24. The molecule has 1 N–H and O–H groups in total. The van der Waals surface area contributed by atoms with Crippen LogP contribution in [0.1, 0.15) is 64.7 Å². The number of hydrogen-bond donors (Lipinski definition) is 1. The Kier molecular flexibility index (Phi) is 7.46. The summed E-state index contributed by atoms with van der Waals surface area (Å²) in [6.45, 7) is 15.2. The molecule has 0 bridgehead atoms. The van der Waals surface area contributed by atoms with Crippen molar-refractivity contribution in [1.82, 2.24) is 4.98 Å². The molecule has 3 heterocycles. The molecule has 9 nitrogen and oxygen atoms in total.